The van der Waals surface area contributed by atoms with Gasteiger partial charge in [0, 0.05) is 12.1 Å². The van der Waals surface area contributed by atoms with Crippen LogP contribution in [0.15, 0.2) is 66.7 Å². The molecule has 4 aromatic carbocycles. The highest BCUT2D eigenvalue weighted by Crippen LogP contribution is 2.38. The Morgan fingerprint density at radius 2 is 1.03 bits per heavy atom. The predicted molar refractivity (Wildman–Crippen MR) is 118 cm³/mol. The third kappa shape index (κ3) is 4.87. The maximum atomic E-state index is 14.6. The molecule has 4 rings (SSSR count). The van der Waals surface area contributed by atoms with E-state index in [1.807, 2.05) is 32.0 Å². The number of alkyl halides is 2. The summed E-state index contributed by atoms with van der Waals surface area (Å²) < 4.78 is 102. The molecule has 0 bridgehead atoms. The molecular weight excluding hydrogens is 473 g/mol. The second-order valence-electron chi connectivity index (χ2n) is 8.01. The summed E-state index contributed by atoms with van der Waals surface area (Å²) in [5, 5.41) is 0. The summed E-state index contributed by atoms with van der Waals surface area (Å²) >= 11 is 0. The van der Waals surface area contributed by atoms with Gasteiger partial charge in [0.2, 0.25) is 0 Å². The lowest BCUT2D eigenvalue weighted by Crippen LogP contribution is -2.25. The molecule has 0 amide bonds. The Hall–Kier alpha value is -3.81. The van der Waals surface area contributed by atoms with Crippen LogP contribution in [0.25, 0.3) is 22.3 Å². The molecule has 0 radical (unpaired) electrons. The number of halogens is 7. The van der Waals surface area contributed by atoms with E-state index in [2.05, 4.69) is 4.74 Å². The van der Waals surface area contributed by atoms with Gasteiger partial charge < -0.3 is 4.74 Å². The van der Waals surface area contributed by atoms with Crippen molar-refractivity contribution in [3.05, 3.63) is 113 Å². The number of benzene rings is 4. The monoisotopic (exact) mass is 490 g/mol. The Kier molecular flexibility index (Phi) is 6.32. The van der Waals surface area contributed by atoms with Crippen molar-refractivity contribution in [3.8, 4) is 28.0 Å². The van der Waals surface area contributed by atoms with E-state index in [0.29, 0.717) is 17.7 Å². The second-order valence-corrected chi connectivity index (χ2v) is 8.01. The zero-order valence-electron chi connectivity index (χ0n) is 18.4. The van der Waals surface area contributed by atoms with Gasteiger partial charge in [-0.1, -0.05) is 42.5 Å². The van der Waals surface area contributed by atoms with E-state index in [4.69, 9.17) is 0 Å². The molecule has 0 heterocycles. The molecule has 35 heavy (non-hydrogen) atoms. The third-order valence-electron chi connectivity index (χ3n) is 5.59. The van der Waals surface area contributed by atoms with Gasteiger partial charge in [-0.2, -0.15) is 8.78 Å². The molecule has 0 atom stereocenters. The van der Waals surface area contributed by atoms with E-state index < -0.39 is 46.5 Å². The minimum Gasteiger partial charge on any atom is -0.429 e. The smallest absolute Gasteiger partial charge is 0.429 e. The topological polar surface area (TPSA) is 9.23 Å². The molecule has 0 fully saturated rings. The molecule has 1 nitrogen and oxygen atoms in total. The van der Waals surface area contributed by atoms with Crippen LogP contribution in [0.1, 0.15) is 16.7 Å². The lowest BCUT2D eigenvalue weighted by Gasteiger charge is -2.20. The molecule has 0 unspecified atom stereocenters. The molecule has 0 N–H and O–H groups in total. The fourth-order valence-corrected chi connectivity index (χ4v) is 3.58. The maximum Gasteiger partial charge on any atom is 0.432 e. The number of hydrogen-bond acceptors (Lipinski definition) is 1. The van der Waals surface area contributed by atoms with E-state index in [1.54, 1.807) is 24.3 Å². The normalized spacial score (nSPS) is 11.6. The van der Waals surface area contributed by atoms with Crippen molar-refractivity contribution in [2.45, 2.75) is 20.0 Å². The summed E-state index contributed by atoms with van der Waals surface area (Å²) in [6.45, 7) is 3.96. The first kappa shape index (κ1) is 24.3. The minimum absolute atomic E-state index is 0.00921. The van der Waals surface area contributed by atoms with Gasteiger partial charge in [-0.05, 0) is 59.4 Å². The van der Waals surface area contributed by atoms with Gasteiger partial charge >= 0.3 is 6.11 Å². The predicted octanol–water partition coefficient (Wildman–Crippen LogP) is 8.46. The van der Waals surface area contributed by atoms with Gasteiger partial charge in [-0.15, -0.1) is 0 Å². The van der Waals surface area contributed by atoms with E-state index in [1.165, 1.54) is 0 Å². The van der Waals surface area contributed by atoms with E-state index >= 15 is 0 Å². The lowest BCUT2D eigenvalue weighted by molar-refractivity contribution is -0.189. The highest BCUT2D eigenvalue weighted by atomic mass is 19.3. The van der Waals surface area contributed by atoms with Crippen LogP contribution in [-0.2, 0) is 6.11 Å². The molecule has 0 aliphatic rings. The first-order valence-electron chi connectivity index (χ1n) is 10.3. The average molecular weight is 490 g/mol. The van der Waals surface area contributed by atoms with Gasteiger partial charge in [0.05, 0.1) is 0 Å². The lowest BCUT2D eigenvalue weighted by atomic mass is 9.97. The molecule has 0 aliphatic heterocycles. The van der Waals surface area contributed by atoms with Crippen LogP contribution < -0.4 is 4.74 Å². The van der Waals surface area contributed by atoms with E-state index in [0.717, 1.165) is 22.3 Å². The number of hydrogen-bond donors (Lipinski definition) is 0. The molecule has 0 saturated heterocycles. The summed E-state index contributed by atoms with van der Waals surface area (Å²) in [7, 11) is 0. The Morgan fingerprint density at radius 1 is 0.543 bits per heavy atom. The molecule has 0 aliphatic carbocycles. The average Bonchev–Trinajstić information content (AvgIpc) is 2.78. The second kappa shape index (κ2) is 9.09. The first-order valence-corrected chi connectivity index (χ1v) is 10.3. The Balaban J connectivity index is 1.63. The zero-order valence-corrected chi connectivity index (χ0v) is 18.4. The van der Waals surface area contributed by atoms with Crippen molar-refractivity contribution in [3.63, 3.8) is 0 Å². The van der Waals surface area contributed by atoms with E-state index in [-0.39, 0.29) is 17.7 Å². The van der Waals surface area contributed by atoms with Gasteiger partial charge in [0.1, 0.15) is 22.9 Å². The van der Waals surface area contributed by atoms with Crippen molar-refractivity contribution in [1.82, 2.24) is 0 Å². The van der Waals surface area contributed by atoms with Gasteiger partial charge in [0.15, 0.2) is 17.5 Å². The van der Waals surface area contributed by atoms with Crippen LogP contribution in [-0.4, -0.2) is 0 Å². The zero-order chi connectivity index (χ0) is 25.5. The Bertz CT molecular complexity index is 1370. The van der Waals surface area contributed by atoms with Crippen LogP contribution in [0.2, 0.25) is 0 Å². The summed E-state index contributed by atoms with van der Waals surface area (Å²) in [5.41, 5.74) is 2.63. The van der Waals surface area contributed by atoms with Crippen molar-refractivity contribution < 1.29 is 35.5 Å². The molecule has 0 spiro atoms. The molecular formula is C27H17F7O. The van der Waals surface area contributed by atoms with Crippen molar-refractivity contribution in [1.29, 1.82) is 0 Å². The van der Waals surface area contributed by atoms with Crippen LogP contribution >= 0.6 is 0 Å². The Labute approximate surface area is 196 Å². The molecule has 0 aromatic heterocycles. The van der Waals surface area contributed by atoms with Crippen LogP contribution in [0.3, 0.4) is 0 Å². The van der Waals surface area contributed by atoms with Crippen LogP contribution in [0.5, 0.6) is 5.75 Å². The quantitative estimate of drug-likeness (QED) is 0.201. The van der Waals surface area contributed by atoms with Crippen LogP contribution in [0, 0.1) is 42.9 Å². The molecule has 180 valence electrons. The fraction of sp³-hybridized carbons (Fsp3) is 0.111. The highest BCUT2D eigenvalue weighted by Gasteiger charge is 2.41. The standard InChI is InChI=1S/C27H17F7O/c1-14-3-4-18(9-15(14)2)16-5-7-17(8-6-16)19-10-21(28)25(22(29)11-19)27(33,34)35-20-12-23(30)26(32)24(31)13-20/h3-13H,1-2H3. The maximum absolute atomic E-state index is 14.6. The fourth-order valence-electron chi connectivity index (χ4n) is 3.58. The van der Waals surface area contributed by atoms with Crippen molar-refractivity contribution >= 4 is 0 Å². The van der Waals surface area contributed by atoms with Crippen LogP contribution in [0.4, 0.5) is 30.7 Å². The number of aryl methyl sites for hydroxylation is 2. The number of rotatable bonds is 5. The SMILES string of the molecule is Cc1ccc(-c2ccc(-c3cc(F)c(C(F)(F)Oc4cc(F)c(F)c(F)c4)c(F)c3)cc2)cc1C. The van der Waals surface area contributed by atoms with Gasteiger partial charge in [-0.25, -0.2) is 22.0 Å². The summed E-state index contributed by atoms with van der Waals surface area (Å²) in [4.78, 5) is 0. The molecule has 8 heteroatoms. The Morgan fingerprint density at radius 3 is 1.54 bits per heavy atom. The largest absolute Gasteiger partial charge is 0.432 e. The molecule has 0 saturated carbocycles. The summed E-state index contributed by atoms with van der Waals surface area (Å²) in [5.74, 6) is -9.90. The minimum atomic E-state index is -4.64. The highest BCUT2D eigenvalue weighted by molar-refractivity contribution is 5.71. The first-order chi connectivity index (χ1) is 16.5. The van der Waals surface area contributed by atoms with Crippen molar-refractivity contribution in [2.24, 2.45) is 0 Å². The van der Waals surface area contributed by atoms with E-state index in [9.17, 15) is 30.7 Å². The molecule has 4 aromatic rings. The summed E-state index contributed by atoms with van der Waals surface area (Å²) in [6.07, 6.45) is -4.64. The number of ether oxygens (including phenoxy) is 1. The third-order valence-corrected chi connectivity index (χ3v) is 5.59. The van der Waals surface area contributed by atoms with Crippen molar-refractivity contribution in [2.75, 3.05) is 0 Å². The van der Waals surface area contributed by atoms with Gasteiger partial charge in [-0.3, -0.25) is 0 Å². The van der Waals surface area contributed by atoms with Gasteiger partial charge in [0.25, 0.3) is 0 Å². The summed E-state index contributed by atoms with van der Waals surface area (Å²) in [6, 6.07) is 14.3.